The molecule has 0 radical (unpaired) electrons. The van der Waals surface area contributed by atoms with Gasteiger partial charge in [0.2, 0.25) is 11.8 Å². The minimum absolute atomic E-state index is 0.000644. The highest BCUT2D eigenvalue weighted by atomic mass is 19.1. The van der Waals surface area contributed by atoms with Gasteiger partial charge in [-0.05, 0) is 37.5 Å². The number of halogens is 1. The molecule has 1 aromatic carbocycles. The molecule has 2 saturated heterocycles. The maximum atomic E-state index is 13.5. The van der Waals surface area contributed by atoms with Crippen LogP contribution in [0, 0.1) is 5.82 Å². The Morgan fingerprint density at radius 3 is 2.79 bits per heavy atom. The van der Waals surface area contributed by atoms with Gasteiger partial charge in [-0.2, -0.15) is 5.10 Å². The normalized spacial score (nSPS) is 19.2. The first-order chi connectivity index (χ1) is 14.0. The molecular formula is C20H22FN5O3. The number of aromatic nitrogens is 2. The number of Topliss-reactive ketones (excluding diaryl/α,β-unsaturated/α-hetero) is 1. The van der Waals surface area contributed by atoms with E-state index in [4.69, 9.17) is 5.73 Å². The largest absolute Gasteiger partial charge is 0.383 e. The minimum atomic E-state index is -0.632. The third kappa shape index (κ3) is 3.59. The predicted octanol–water partition coefficient (Wildman–Crippen LogP) is 1.39. The molecule has 2 aliphatic rings. The lowest BCUT2D eigenvalue weighted by molar-refractivity contribution is -0.138. The number of nitrogens with zero attached hydrogens (tertiary/aromatic N) is 4. The van der Waals surface area contributed by atoms with E-state index < -0.39 is 11.9 Å². The molecule has 0 bridgehead atoms. The zero-order chi connectivity index (χ0) is 20.5. The van der Waals surface area contributed by atoms with Gasteiger partial charge >= 0.3 is 0 Å². The van der Waals surface area contributed by atoms with Crippen molar-refractivity contribution in [3.63, 3.8) is 0 Å². The Hall–Kier alpha value is -3.23. The third-order valence-corrected chi connectivity index (χ3v) is 5.50. The van der Waals surface area contributed by atoms with Crippen LogP contribution in [0.3, 0.4) is 0 Å². The Morgan fingerprint density at radius 1 is 1.24 bits per heavy atom. The van der Waals surface area contributed by atoms with Crippen molar-refractivity contribution in [3.8, 4) is 5.69 Å². The molecule has 1 atom stereocenters. The van der Waals surface area contributed by atoms with E-state index in [9.17, 15) is 18.8 Å². The first kappa shape index (κ1) is 19.1. The number of benzene rings is 1. The predicted molar refractivity (Wildman–Crippen MR) is 103 cm³/mol. The number of hydrogen-bond acceptors (Lipinski definition) is 5. The summed E-state index contributed by atoms with van der Waals surface area (Å²) < 4.78 is 14.8. The average molecular weight is 399 g/mol. The summed E-state index contributed by atoms with van der Waals surface area (Å²) in [6.45, 7) is 1.04. The monoisotopic (exact) mass is 399 g/mol. The number of carbonyl (C=O) groups is 3. The maximum Gasteiger partial charge on any atom is 0.242 e. The SMILES string of the molecule is Nc1c(C(=O)[C@@H]2CCCN2C(=O)CN2CCCC2=O)cnn1-c1cccc(F)c1. The second-order valence-corrected chi connectivity index (χ2v) is 7.36. The number of amides is 2. The summed E-state index contributed by atoms with van der Waals surface area (Å²) in [5.41, 5.74) is 6.74. The van der Waals surface area contributed by atoms with Crippen LogP contribution >= 0.6 is 0 Å². The first-order valence-corrected chi connectivity index (χ1v) is 9.66. The standard InChI is InChI=1S/C20H22FN5O3/c21-13-4-1-5-14(10-13)26-20(22)15(11-23-26)19(29)16-6-2-9-25(16)18(28)12-24-8-3-7-17(24)27/h1,4-5,10-11,16H,2-3,6-9,12,22H2/t16-/m0/s1. The van der Waals surface area contributed by atoms with Crippen molar-refractivity contribution in [2.75, 3.05) is 25.4 Å². The van der Waals surface area contributed by atoms with Crippen molar-refractivity contribution >= 4 is 23.4 Å². The fourth-order valence-corrected chi connectivity index (χ4v) is 4.00. The van der Waals surface area contributed by atoms with Crippen LogP contribution in [0.5, 0.6) is 0 Å². The highest BCUT2D eigenvalue weighted by Crippen LogP contribution is 2.26. The quantitative estimate of drug-likeness (QED) is 0.766. The Balaban J connectivity index is 1.53. The summed E-state index contributed by atoms with van der Waals surface area (Å²) in [5, 5.41) is 4.13. The maximum absolute atomic E-state index is 13.5. The molecule has 0 spiro atoms. The highest BCUT2D eigenvalue weighted by molar-refractivity contribution is 6.05. The van der Waals surface area contributed by atoms with Crippen LogP contribution in [-0.2, 0) is 9.59 Å². The topological polar surface area (TPSA) is 102 Å². The summed E-state index contributed by atoms with van der Waals surface area (Å²) in [7, 11) is 0. The van der Waals surface area contributed by atoms with Gasteiger partial charge in [-0.3, -0.25) is 14.4 Å². The van der Waals surface area contributed by atoms with Gasteiger partial charge in [0, 0.05) is 19.5 Å². The minimum Gasteiger partial charge on any atom is -0.383 e. The van der Waals surface area contributed by atoms with Gasteiger partial charge in [-0.15, -0.1) is 0 Å². The molecule has 0 unspecified atom stereocenters. The van der Waals surface area contributed by atoms with Crippen molar-refractivity contribution in [3.05, 3.63) is 41.8 Å². The molecule has 9 heteroatoms. The molecule has 0 saturated carbocycles. The second kappa shape index (κ2) is 7.65. The zero-order valence-electron chi connectivity index (χ0n) is 15.9. The van der Waals surface area contributed by atoms with Crippen molar-refractivity contribution in [2.24, 2.45) is 0 Å². The lowest BCUT2D eigenvalue weighted by atomic mass is 10.0. The second-order valence-electron chi connectivity index (χ2n) is 7.36. The molecule has 2 aromatic rings. The molecule has 4 rings (SSSR count). The number of carbonyl (C=O) groups excluding carboxylic acids is 3. The van der Waals surface area contributed by atoms with Crippen molar-refractivity contribution in [1.82, 2.24) is 19.6 Å². The fourth-order valence-electron chi connectivity index (χ4n) is 4.00. The summed E-state index contributed by atoms with van der Waals surface area (Å²) in [6.07, 6.45) is 3.81. The first-order valence-electron chi connectivity index (χ1n) is 9.66. The molecule has 0 aliphatic carbocycles. The van der Waals surface area contributed by atoms with E-state index in [-0.39, 0.29) is 35.5 Å². The Morgan fingerprint density at radius 2 is 2.07 bits per heavy atom. The van der Waals surface area contributed by atoms with Crippen LogP contribution in [0.4, 0.5) is 10.2 Å². The summed E-state index contributed by atoms with van der Waals surface area (Å²) in [5.74, 6) is -0.874. The molecule has 29 heavy (non-hydrogen) atoms. The molecule has 152 valence electrons. The molecule has 2 fully saturated rings. The summed E-state index contributed by atoms with van der Waals surface area (Å²) in [6, 6.07) is 5.12. The van der Waals surface area contributed by atoms with Gasteiger partial charge in [0.15, 0.2) is 5.78 Å². The van der Waals surface area contributed by atoms with Crippen LogP contribution in [0.1, 0.15) is 36.0 Å². The molecule has 2 amide bonds. The molecule has 2 aliphatic heterocycles. The summed E-state index contributed by atoms with van der Waals surface area (Å²) >= 11 is 0. The van der Waals surface area contributed by atoms with Crippen molar-refractivity contribution in [1.29, 1.82) is 0 Å². The molecule has 2 N–H and O–H groups in total. The van der Waals surface area contributed by atoms with Crippen LogP contribution < -0.4 is 5.73 Å². The van der Waals surface area contributed by atoms with E-state index in [2.05, 4.69) is 5.10 Å². The van der Waals surface area contributed by atoms with Crippen molar-refractivity contribution < 1.29 is 18.8 Å². The van der Waals surface area contributed by atoms with Crippen LogP contribution in [0.25, 0.3) is 5.69 Å². The van der Waals surface area contributed by atoms with Crippen LogP contribution in [0.15, 0.2) is 30.5 Å². The van der Waals surface area contributed by atoms with Crippen molar-refractivity contribution in [2.45, 2.75) is 31.7 Å². The fraction of sp³-hybridized carbons (Fsp3) is 0.400. The van der Waals surface area contributed by atoms with E-state index in [1.807, 2.05) is 0 Å². The zero-order valence-corrected chi connectivity index (χ0v) is 15.9. The van der Waals surface area contributed by atoms with E-state index in [1.54, 1.807) is 11.0 Å². The van der Waals surface area contributed by atoms with Gasteiger partial charge < -0.3 is 15.5 Å². The van der Waals surface area contributed by atoms with Gasteiger partial charge in [0.1, 0.15) is 11.6 Å². The lowest BCUT2D eigenvalue weighted by Gasteiger charge is -2.26. The molecular weight excluding hydrogens is 377 g/mol. The Labute approximate surface area is 167 Å². The van der Waals surface area contributed by atoms with Crippen LogP contribution in [-0.4, -0.2) is 62.9 Å². The molecule has 1 aromatic heterocycles. The Bertz CT molecular complexity index is 973. The van der Waals surface area contributed by atoms with Gasteiger partial charge in [-0.25, -0.2) is 9.07 Å². The number of rotatable bonds is 5. The number of likely N-dealkylation sites (tertiary alicyclic amines) is 2. The lowest BCUT2D eigenvalue weighted by Crippen LogP contribution is -2.46. The number of anilines is 1. The van der Waals surface area contributed by atoms with Gasteiger partial charge in [0.25, 0.3) is 0 Å². The number of nitrogen functional groups attached to an aromatic ring is 1. The number of nitrogens with two attached hydrogens (primary N) is 1. The average Bonchev–Trinajstić information content (AvgIpc) is 3.42. The summed E-state index contributed by atoms with van der Waals surface area (Å²) in [4.78, 5) is 40.7. The van der Waals surface area contributed by atoms with E-state index in [0.717, 1.165) is 6.42 Å². The molecule has 3 heterocycles. The number of hydrogen-bond donors (Lipinski definition) is 1. The Kier molecular flexibility index (Phi) is 5.04. The van der Waals surface area contributed by atoms with Crippen LogP contribution in [0.2, 0.25) is 0 Å². The van der Waals surface area contributed by atoms with Gasteiger partial charge in [-0.1, -0.05) is 6.07 Å². The van der Waals surface area contributed by atoms with E-state index in [0.29, 0.717) is 38.0 Å². The van der Waals surface area contributed by atoms with Gasteiger partial charge in [0.05, 0.1) is 30.0 Å². The third-order valence-electron chi connectivity index (χ3n) is 5.50. The molecule has 8 nitrogen and oxygen atoms in total. The van der Waals surface area contributed by atoms with E-state index >= 15 is 0 Å². The highest BCUT2D eigenvalue weighted by Gasteiger charge is 2.37. The van der Waals surface area contributed by atoms with E-state index in [1.165, 1.54) is 34.0 Å². The smallest absolute Gasteiger partial charge is 0.242 e. The number of ketones is 1.